The van der Waals surface area contributed by atoms with Crippen molar-refractivity contribution in [3.63, 3.8) is 0 Å². The third-order valence-corrected chi connectivity index (χ3v) is 8.53. The number of hydrogen-bond acceptors (Lipinski definition) is 8. The van der Waals surface area contributed by atoms with Crippen LogP contribution in [0.1, 0.15) is 64.5 Å². The van der Waals surface area contributed by atoms with E-state index in [0.29, 0.717) is 60.6 Å². The molecule has 2 aliphatic rings. The second-order valence-corrected chi connectivity index (χ2v) is 11.9. The van der Waals surface area contributed by atoms with Crippen molar-refractivity contribution in [2.75, 3.05) is 31.5 Å². The van der Waals surface area contributed by atoms with Gasteiger partial charge in [0.1, 0.15) is 17.9 Å². The van der Waals surface area contributed by atoms with Crippen LogP contribution in [0.25, 0.3) is 11.4 Å². The van der Waals surface area contributed by atoms with Crippen LogP contribution in [0.3, 0.4) is 0 Å². The summed E-state index contributed by atoms with van der Waals surface area (Å²) in [5.74, 6) is 1.80. The number of aromatic amines is 1. The van der Waals surface area contributed by atoms with Gasteiger partial charge in [-0.2, -0.15) is 5.10 Å². The average Bonchev–Trinajstić information content (AvgIpc) is 3.75. The molecule has 4 aromatic rings. The lowest BCUT2D eigenvalue weighted by molar-refractivity contribution is -0.130. The second-order valence-electron chi connectivity index (χ2n) is 11.9. The van der Waals surface area contributed by atoms with Gasteiger partial charge >= 0.3 is 0 Å². The van der Waals surface area contributed by atoms with Crippen LogP contribution in [-0.4, -0.2) is 79.0 Å². The van der Waals surface area contributed by atoms with Crippen LogP contribution in [0.2, 0.25) is 0 Å². The van der Waals surface area contributed by atoms with E-state index in [0.717, 1.165) is 16.8 Å². The topological polar surface area (TPSA) is 129 Å². The van der Waals surface area contributed by atoms with Crippen LogP contribution >= 0.6 is 0 Å². The molecule has 3 aromatic heterocycles. The van der Waals surface area contributed by atoms with Crippen LogP contribution in [-0.2, 0) is 4.79 Å². The predicted octanol–water partition coefficient (Wildman–Crippen LogP) is 4.85. The molecule has 0 radical (unpaired) electrons. The largest absolute Gasteiger partial charge is 0.482 e. The molecular formula is C34H38N8O3. The summed E-state index contributed by atoms with van der Waals surface area (Å²) >= 11 is 0. The highest BCUT2D eigenvalue weighted by Gasteiger charge is 2.30. The quantitative estimate of drug-likeness (QED) is 0.245. The minimum Gasteiger partial charge on any atom is -0.482 e. The zero-order valence-electron chi connectivity index (χ0n) is 25.9. The van der Waals surface area contributed by atoms with Crippen molar-refractivity contribution >= 4 is 17.6 Å². The maximum atomic E-state index is 13.5. The number of carbonyl (C=O) groups is 2. The summed E-state index contributed by atoms with van der Waals surface area (Å²) in [6.07, 6.45) is 8.38. The van der Waals surface area contributed by atoms with Crippen molar-refractivity contribution in [2.45, 2.75) is 51.7 Å². The Hall–Kier alpha value is -4.90. The molecule has 0 spiro atoms. The van der Waals surface area contributed by atoms with Gasteiger partial charge in [0.25, 0.3) is 5.91 Å². The first-order valence-corrected chi connectivity index (χ1v) is 15.3. The summed E-state index contributed by atoms with van der Waals surface area (Å²) in [5, 5.41) is 9.91. The summed E-state index contributed by atoms with van der Waals surface area (Å²) < 4.78 is 6.83. The maximum Gasteiger partial charge on any atom is 0.257 e. The second kappa shape index (κ2) is 13.0. The summed E-state index contributed by atoms with van der Waals surface area (Å²) in [6.45, 7) is 12.0. The highest BCUT2D eigenvalue weighted by molar-refractivity contribution is 6.06. The molecule has 0 bridgehead atoms. The van der Waals surface area contributed by atoms with Crippen molar-refractivity contribution in [1.82, 2.24) is 34.9 Å². The molecule has 45 heavy (non-hydrogen) atoms. The van der Waals surface area contributed by atoms with Crippen molar-refractivity contribution < 1.29 is 14.3 Å². The van der Waals surface area contributed by atoms with Gasteiger partial charge in [-0.1, -0.05) is 18.7 Å². The number of ether oxygens (including phenoxy) is 1. The third kappa shape index (κ3) is 6.78. The number of aryl methyl sites for hydroxylation is 2. The van der Waals surface area contributed by atoms with E-state index >= 15 is 0 Å². The number of aromatic nitrogens is 5. The summed E-state index contributed by atoms with van der Waals surface area (Å²) in [5.41, 5.74) is 4.74. The number of nitrogens with zero attached hydrogens (tertiary/aromatic N) is 6. The number of rotatable bonds is 10. The van der Waals surface area contributed by atoms with Gasteiger partial charge in [0.05, 0.1) is 11.3 Å². The van der Waals surface area contributed by atoms with Crippen molar-refractivity contribution in [3.05, 3.63) is 95.7 Å². The number of amides is 2. The van der Waals surface area contributed by atoms with Gasteiger partial charge in [-0.25, -0.2) is 9.97 Å². The summed E-state index contributed by atoms with van der Waals surface area (Å²) in [4.78, 5) is 43.5. The molecule has 2 amide bonds. The molecular weight excluding hydrogens is 568 g/mol. The Morgan fingerprint density at radius 2 is 1.98 bits per heavy atom. The van der Waals surface area contributed by atoms with E-state index in [1.807, 2.05) is 50.1 Å². The molecule has 1 aliphatic carbocycles. The molecule has 11 nitrogen and oxygen atoms in total. The maximum absolute atomic E-state index is 13.5. The highest BCUT2D eigenvalue weighted by atomic mass is 16.5. The van der Waals surface area contributed by atoms with E-state index in [-0.39, 0.29) is 17.9 Å². The molecule has 2 atom stereocenters. The molecule has 4 heterocycles. The van der Waals surface area contributed by atoms with Gasteiger partial charge in [-0.15, -0.1) is 0 Å². The van der Waals surface area contributed by atoms with Gasteiger partial charge in [0, 0.05) is 50.2 Å². The van der Waals surface area contributed by atoms with Gasteiger partial charge in [0.2, 0.25) is 5.91 Å². The Bertz CT molecular complexity index is 1680. The van der Waals surface area contributed by atoms with Gasteiger partial charge in [-0.3, -0.25) is 24.6 Å². The third-order valence-electron chi connectivity index (χ3n) is 8.53. The monoisotopic (exact) mass is 606 g/mol. The van der Waals surface area contributed by atoms with Gasteiger partial charge < -0.3 is 15.0 Å². The number of piperazine rings is 1. The molecule has 2 fully saturated rings. The Balaban J connectivity index is 1.31. The number of H-pyrrole nitrogens is 1. The number of benzene rings is 1. The minimum atomic E-state index is -0.427. The first-order chi connectivity index (χ1) is 21.8. The zero-order chi connectivity index (χ0) is 31.5. The number of anilines is 1. The Labute approximate surface area is 262 Å². The standard InChI is InChI=1S/C34H38N8O3/c1-5-31(43)42-14-13-41(18-23(42)4)19-30(28-11-10-25(17-36-28)24-8-9-24)45-29-15-22(3)26(16-27(29)33-37-20-38-40-33)34(44)39-32-21(2)7-6-12-35-32/h5-7,10-12,15-17,20,23-24,30H,1,8-9,13-14,18-19H2,2-4H3,(H,35,39,44)(H,37,38,40)/t23-,30-/m1/s1. The van der Waals surface area contributed by atoms with E-state index in [1.54, 1.807) is 12.3 Å². The van der Waals surface area contributed by atoms with Crippen molar-refractivity contribution in [1.29, 1.82) is 0 Å². The summed E-state index contributed by atoms with van der Waals surface area (Å²) in [6, 6.07) is 11.6. The predicted molar refractivity (Wildman–Crippen MR) is 171 cm³/mol. The number of nitrogens with one attached hydrogen (secondary N) is 2. The van der Waals surface area contributed by atoms with E-state index in [1.165, 1.54) is 30.8 Å². The molecule has 1 saturated heterocycles. The number of carbonyl (C=O) groups excluding carboxylic acids is 2. The molecule has 6 rings (SSSR count). The highest BCUT2D eigenvalue weighted by Crippen LogP contribution is 2.40. The average molecular weight is 607 g/mol. The van der Waals surface area contributed by atoms with E-state index in [4.69, 9.17) is 9.72 Å². The molecule has 1 aliphatic heterocycles. The summed E-state index contributed by atoms with van der Waals surface area (Å²) in [7, 11) is 0. The number of pyridine rings is 2. The number of hydrogen-bond donors (Lipinski definition) is 2. The van der Waals surface area contributed by atoms with Crippen LogP contribution in [0, 0.1) is 13.8 Å². The fourth-order valence-electron chi connectivity index (χ4n) is 5.82. The normalized spacial score (nSPS) is 17.5. The van der Waals surface area contributed by atoms with Crippen LogP contribution in [0.5, 0.6) is 5.75 Å². The molecule has 1 saturated carbocycles. The molecule has 2 N–H and O–H groups in total. The smallest absolute Gasteiger partial charge is 0.257 e. The lowest BCUT2D eigenvalue weighted by Crippen LogP contribution is -2.54. The van der Waals surface area contributed by atoms with Crippen molar-refractivity contribution in [3.8, 4) is 17.1 Å². The van der Waals surface area contributed by atoms with E-state index < -0.39 is 6.10 Å². The van der Waals surface area contributed by atoms with Crippen LogP contribution in [0.15, 0.2) is 67.8 Å². The van der Waals surface area contributed by atoms with Crippen LogP contribution < -0.4 is 10.1 Å². The lowest BCUT2D eigenvalue weighted by Gasteiger charge is -2.40. The fraction of sp³-hybridized carbons (Fsp3) is 0.353. The Kier molecular flexibility index (Phi) is 8.70. The fourth-order valence-corrected chi connectivity index (χ4v) is 5.82. The first kappa shape index (κ1) is 30.1. The molecule has 1 aromatic carbocycles. The molecule has 11 heteroatoms. The van der Waals surface area contributed by atoms with E-state index in [2.05, 4.69) is 49.1 Å². The van der Waals surface area contributed by atoms with Gasteiger partial charge in [-0.05, 0) is 86.6 Å². The molecule has 232 valence electrons. The minimum absolute atomic E-state index is 0.0302. The first-order valence-electron chi connectivity index (χ1n) is 15.3. The van der Waals surface area contributed by atoms with Crippen molar-refractivity contribution in [2.24, 2.45) is 0 Å². The Morgan fingerprint density at radius 1 is 1.13 bits per heavy atom. The zero-order valence-corrected chi connectivity index (χ0v) is 25.9. The SMILES string of the molecule is C=CC(=O)N1CCN(C[C@@H](Oc2cc(C)c(C(=O)Nc3ncccc3C)cc2-c2ncn[nH]2)c2ccc(C3CC3)cn2)C[C@H]1C. The van der Waals surface area contributed by atoms with Crippen LogP contribution in [0.4, 0.5) is 5.82 Å². The Morgan fingerprint density at radius 3 is 2.64 bits per heavy atom. The van der Waals surface area contributed by atoms with E-state index in [9.17, 15) is 9.59 Å². The lowest BCUT2D eigenvalue weighted by atomic mass is 10.0. The van der Waals surface area contributed by atoms with Gasteiger partial charge in [0.15, 0.2) is 11.9 Å². The molecule has 0 unspecified atom stereocenters.